The summed E-state index contributed by atoms with van der Waals surface area (Å²) in [6.07, 6.45) is 0.977. The van der Waals surface area contributed by atoms with E-state index in [1.807, 2.05) is 75.4 Å². The van der Waals surface area contributed by atoms with Crippen molar-refractivity contribution in [2.24, 2.45) is 0 Å². The minimum atomic E-state index is -4.17. The van der Waals surface area contributed by atoms with Crippen molar-refractivity contribution in [2.75, 3.05) is 18.0 Å². The van der Waals surface area contributed by atoms with Gasteiger partial charge < -0.3 is 15.0 Å². The average molecular weight is 628 g/mol. The molecule has 0 saturated heterocycles. The molecule has 45 heavy (non-hydrogen) atoms. The fraction of sp³-hybridized carbons (Fsp3) is 0.278. The van der Waals surface area contributed by atoms with Gasteiger partial charge in [-0.15, -0.1) is 0 Å². The van der Waals surface area contributed by atoms with Gasteiger partial charge in [-0.05, 0) is 73.4 Å². The summed E-state index contributed by atoms with van der Waals surface area (Å²) in [4.78, 5) is 30.1. The molecule has 0 spiro atoms. The van der Waals surface area contributed by atoms with Gasteiger partial charge in [-0.2, -0.15) is 0 Å². The maximum Gasteiger partial charge on any atom is 0.264 e. The second-order valence-electron chi connectivity index (χ2n) is 11.0. The summed E-state index contributed by atoms with van der Waals surface area (Å²) in [5.74, 6) is -0.251. The van der Waals surface area contributed by atoms with Crippen LogP contribution in [0.1, 0.15) is 37.0 Å². The van der Waals surface area contributed by atoms with Crippen molar-refractivity contribution < 1.29 is 22.7 Å². The largest absolute Gasteiger partial charge is 0.497 e. The SMILES string of the molecule is CC[C@H](C)NC(=O)[C@@H](Cc1ccccc1)N(Cc1ccccc1C)C(=O)CN(c1ccc(OC)cc1)S(=O)(=O)c1ccccc1. The molecule has 0 bridgehead atoms. The molecule has 0 fully saturated rings. The Balaban J connectivity index is 1.81. The summed E-state index contributed by atoms with van der Waals surface area (Å²) in [6.45, 7) is 5.46. The first-order chi connectivity index (χ1) is 21.6. The van der Waals surface area contributed by atoms with Gasteiger partial charge in [0.25, 0.3) is 10.0 Å². The van der Waals surface area contributed by atoms with Crippen molar-refractivity contribution in [3.63, 3.8) is 0 Å². The van der Waals surface area contributed by atoms with Crippen LogP contribution in [0.25, 0.3) is 0 Å². The van der Waals surface area contributed by atoms with E-state index in [9.17, 15) is 18.0 Å². The maximum atomic E-state index is 14.6. The maximum absolute atomic E-state index is 14.6. The van der Waals surface area contributed by atoms with Crippen molar-refractivity contribution in [3.8, 4) is 5.75 Å². The van der Waals surface area contributed by atoms with Crippen molar-refractivity contribution in [1.29, 1.82) is 0 Å². The zero-order valence-corrected chi connectivity index (χ0v) is 27.0. The molecule has 0 aromatic heterocycles. The molecule has 0 aliphatic carbocycles. The molecular formula is C36H41N3O5S. The van der Waals surface area contributed by atoms with Gasteiger partial charge in [0.1, 0.15) is 18.3 Å². The topological polar surface area (TPSA) is 96.0 Å². The molecule has 2 atom stereocenters. The van der Waals surface area contributed by atoms with Crippen molar-refractivity contribution in [3.05, 3.63) is 126 Å². The highest BCUT2D eigenvalue weighted by molar-refractivity contribution is 7.92. The van der Waals surface area contributed by atoms with E-state index in [0.29, 0.717) is 11.4 Å². The quantitative estimate of drug-likeness (QED) is 0.192. The number of nitrogens with zero attached hydrogens (tertiary/aromatic N) is 2. The second-order valence-corrected chi connectivity index (χ2v) is 12.9. The lowest BCUT2D eigenvalue weighted by molar-refractivity contribution is -0.140. The lowest BCUT2D eigenvalue weighted by Gasteiger charge is -2.34. The minimum Gasteiger partial charge on any atom is -0.497 e. The van der Waals surface area contributed by atoms with Crippen LogP contribution in [0.4, 0.5) is 5.69 Å². The highest BCUT2D eigenvalue weighted by Gasteiger charge is 2.35. The van der Waals surface area contributed by atoms with Crippen LogP contribution in [0.5, 0.6) is 5.75 Å². The van der Waals surface area contributed by atoms with Crippen molar-refractivity contribution in [1.82, 2.24) is 10.2 Å². The van der Waals surface area contributed by atoms with Gasteiger partial charge in [-0.25, -0.2) is 8.42 Å². The van der Waals surface area contributed by atoms with Crippen LogP contribution >= 0.6 is 0 Å². The summed E-state index contributed by atoms with van der Waals surface area (Å²) >= 11 is 0. The average Bonchev–Trinajstić information content (AvgIpc) is 3.06. The summed E-state index contributed by atoms with van der Waals surface area (Å²) in [6, 6.07) is 30.7. The van der Waals surface area contributed by atoms with E-state index in [0.717, 1.165) is 27.4 Å². The van der Waals surface area contributed by atoms with Crippen LogP contribution in [0.15, 0.2) is 114 Å². The van der Waals surface area contributed by atoms with E-state index < -0.39 is 28.5 Å². The highest BCUT2D eigenvalue weighted by atomic mass is 32.2. The molecule has 0 aliphatic rings. The fourth-order valence-corrected chi connectivity index (χ4v) is 6.40. The zero-order chi connectivity index (χ0) is 32.4. The summed E-state index contributed by atoms with van der Waals surface area (Å²) in [5.41, 5.74) is 3.00. The number of nitrogens with one attached hydrogen (secondary N) is 1. The van der Waals surface area contributed by atoms with Gasteiger partial charge in [-0.3, -0.25) is 13.9 Å². The molecular weight excluding hydrogens is 586 g/mol. The highest BCUT2D eigenvalue weighted by Crippen LogP contribution is 2.27. The molecule has 236 valence electrons. The number of ether oxygens (including phenoxy) is 1. The molecule has 0 radical (unpaired) electrons. The predicted octanol–water partition coefficient (Wildman–Crippen LogP) is 5.75. The van der Waals surface area contributed by atoms with E-state index in [-0.39, 0.29) is 29.8 Å². The molecule has 0 heterocycles. The summed E-state index contributed by atoms with van der Waals surface area (Å²) in [7, 11) is -2.64. The number of benzene rings is 4. The predicted molar refractivity (Wildman–Crippen MR) is 178 cm³/mol. The number of sulfonamides is 1. The Morgan fingerprint density at radius 2 is 1.44 bits per heavy atom. The number of carbonyl (C=O) groups excluding carboxylic acids is 2. The molecule has 0 unspecified atom stereocenters. The molecule has 0 saturated carbocycles. The van der Waals surface area contributed by atoms with Crippen LogP contribution in [-0.2, 0) is 32.6 Å². The van der Waals surface area contributed by atoms with E-state index in [1.54, 1.807) is 42.5 Å². The van der Waals surface area contributed by atoms with Gasteiger partial charge in [0.2, 0.25) is 11.8 Å². The second kappa shape index (κ2) is 15.4. The van der Waals surface area contributed by atoms with Crippen LogP contribution in [-0.4, -0.2) is 50.9 Å². The van der Waals surface area contributed by atoms with Gasteiger partial charge >= 0.3 is 0 Å². The Morgan fingerprint density at radius 1 is 0.844 bits per heavy atom. The van der Waals surface area contributed by atoms with E-state index in [1.165, 1.54) is 24.1 Å². The number of carbonyl (C=O) groups is 2. The molecule has 2 amide bonds. The summed E-state index contributed by atoms with van der Waals surface area (Å²) in [5, 5.41) is 3.06. The van der Waals surface area contributed by atoms with Crippen LogP contribution in [0, 0.1) is 6.92 Å². The minimum absolute atomic E-state index is 0.0504. The molecule has 0 aliphatic heterocycles. The van der Waals surface area contributed by atoms with Crippen LogP contribution in [0.3, 0.4) is 0 Å². The Bertz CT molecular complexity index is 1660. The molecule has 8 nitrogen and oxygen atoms in total. The third-order valence-corrected chi connectivity index (χ3v) is 9.63. The first-order valence-electron chi connectivity index (χ1n) is 15.0. The molecule has 1 N–H and O–H groups in total. The Morgan fingerprint density at radius 3 is 2.04 bits per heavy atom. The number of aryl methyl sites for hydroxylation is 1. The van der Waals surface area contributed by atoms with Crippen LogP contribution in [0.2, 0.25) is 0 Å². The smallest absolute Gasteiger partial charge is 0.264 e. The van der Waals surface area contributed by atoms with Gasteiger partial charge in [0, 0.05) is 19.0 Å². The molecule has 4 aromatic rings. The zero-order valence-electron chi connectivity index (χ0n) is 26.2. The summed E-state index contributed by atoms with van der Waals surface area (Å²) < 4.78 is 34.5. The molecule has 9 heteroatoms. The molecule has 4 aromatic carbocycles. The lowest BCUT2D eigenvalue weighted by Crippen LogP contribution is -2.54. The third-order valence-electron chi connectivity index (χ3n) is 7.84. The number of amides is 2. The van der Waals surface area contributed by atoms with E-state index in [2.05, 4.69) is 5.32 Å². The number of anilines is 1. The van der Waals surface area contributed by atoms with Gasteiger partial charge in [0.15, 0.2) is 0 Å². The van der Waals surface area contributed by atoms with Crippen molar-refractivity contribution in [2.45, 2.75) is 57.1 Å². The van der Waals surface area contributed by atoms with Gasteiger partial charge in [-0.1, -0.05) is 79.7 Å². The van der Waals surface area contributed by atoms with E-state index in [4.69, 9.17) is 4.74 Å². The van der Waals surface area contributed by atoms with Gasteiger partial charge in [0.05, 0.1) is 17.7 Å². The van der Waals surface area contributed by atoms with Crippen LogP contribution < -0.4 is 14.4 Å². The fourth-order valence-electron chi connectivity index (χ4n) is 4.96. The monoisotopic (exact) mass is 627 g/mol. The lowest BCUT2D eigenvalue weighted by atomic mass is 10.0. The van der Waals surface area contributed by atoms with Crippen molar-refractivity contribution >= 4 is 27.5 Å². The first-order valence-corrected chi connectivity index (χ1v) is 16.5. The Kier molecular flexibility index (Phi) is 11.4. The first kappa shape index (κ1) is 33.3. The van der Waals surface area contributed by atoms with E-state index >= 15 is 0 Å². The number of hydrogen-bond acceptors (Lipinski definition) is 5. The number of hydrogen-bond donors (Lipinski definition) is 1. The third kappa shape index (κ3) is 8.51. The standard InChI is InChI=1S/C36H41N3O5S/c1-5-28(3)37-36(41)34(24-29-15-8-6-9-16-29)38(25-30-17-13-12-14-27(30)2)35(40)26-39(31-20-22-32(44-4)23-21-31)45(42,43)33-18-10-7-11-19-33/h6-23,28,34H,5,24-26H2,1-4H3,(H,37,41)/t28-,34+/m0/s1. The Hall–Kier alpha value is -4.63. The molecule has 4 rings (SSSR count). The number of methoxy groups -OCH3 is 1. The number of rotatable bonds is 14. The Labute approximate surface area is 266 Å². The normalized spacial score (nSPS) is 12.5.